The van der Waals surface area contributed by atoms with Crippen molar-refractivity contribution in [3.05, 3.63) is 35.1 Å². The molecule has 1 N–H and O–H groups in total. The molecule has 0 bridgehead atoms. The lowest BCUT2D eigenvalue weighted by Crippen LogP contribution is -2.47. The third kappa shape index (κ3) is 4.30. The van der Waals surface area contributed by atoms with Crippen LogP contribution < -0.4 is 5.32 Å². The highest BCUT2D eigenvalue weighted by atomic mass is 19.1. The maximum absolute atomic E-state index is 13.9. The zero-order valence-electron chi connectivity index (χ0n) is 13.7. The van der Waals surface area contributed by atoms with Crippen molar-refractivity contribution in [3.8, 4) is 0 Å². The summed E-state index contributed by atoms with van der Waals surface area (Å²) in [7, 11) is 1.92. The number of halogens is 1. The molecule has 1 aliphatic heterocycles. The van der Waals surface area contributed by atoms with E-state index in [-0.39, 0.29) is 18.3 Å². The van der Waals surface area contributed by atoms with Gasteiger partial charge in [0.1, 0.15) is 5.82 Å². The second-order valence-corrected chi connectivity index (χ2v) is 6.64. The number of ether oxygens (including phenoxy) is 1. The molecule has 1 aromatic rings. The molecule has 1 amide bonds. The second-order valence-electron chi connectivity index (χ2n) is 6.64. The van der Waals surface area contributed by atoms with Gasteiger partial charge in [-0.05, 0) is 56.8 Å². The number of piperidine rings is 1. The lowest BCUT2D eigenvalue weighted by atomic mass is 10.0. The van der Waals surface area contributed by atoms with E-state index in [0.29, 0.717) is 36.2 Å². The molecule has 1 atom stereocenters. The van der Waals surface area contributed by atoms with E-state index in [1.165, 1.54) is 18.9 Å². The summed E-state index contributed by atoms with van der Waals surface area (Å²) < 4.78 is 19.5. The highest BCUT2D eigenvalue weighted by Gasteiger charge is 2.24. The van der Waals surface area contributed by atoms with Gasteiger partial charge in [-0.3, -0.25) is 4.79 Å². The number of hydrogen-bond donors (Lipinski definition) is 1. The van der Waals surface area contributed by atoms with E-state index < -0.39 is 0 Å². The molecule has 2 fully saturated rings. The van der Waals surface area contributed by atoms with Gasteiger partial charge in [0.05, 0.1) is 6.61 Å². The van der Waals surface area contributed by atoms with Crippen LogP contribution in [-0.4, -0.2) is 43.6 Å². The standard InChI is InChI=1S/C18H25FN2O2/c1-20-16-3-2-8-21(10-16)18(22)14-6-7-17(19)15(9-14)12-23-11-13-4-5-13/h6-7,9,13,16,20H,2-5,8,10-12H2,1H3/t16-/m1/s1. The molecule has 1 saturated carbocycles. The molecule has 0 spiro atoms. The topological polar surface area (TPSA) is 41.6 Å². The second kappa shape index (κ2) is 7.41. The van der Waals surface area contributed by atoms with Crippen LogP contribution in [0.5, 0.6) is 0 Å². The first-order valence-electron chi connectivity index (χ1n) is 8.50. The first-order valence-corrected chi connectivity index (χ1v) is 8.50. The van der Waals surface area contributed by atoms with Gasteiger partial charge in [0.15, 0.2) is 0 Å². The fraction of sp³-hybridized carbons (Fsp3) is 0.611. The molecule has 0 radical (unpaired) electrons. The molecular weight excluding hydrogens is 295 g/mol. The number of benzene rings is 1. The van der Waals surface area contributed by atoms with Crippen molar-refractivity contribution in [1.82, 2.24) is 10.2 Å². The molecule has 1 aliphatic carbocycles. The minimum atomic E-state index is -0.302. The number of nitrogens with zero attached hydrogens (tertiary/aromatic N) is 1. The van der Waals surface area contributed by atoms with Crippen LogP contribution in [0, 0.1) is 11.7 Å². The van der Waals surface area contributed by atoms with Gasteiger partial charge in [-0.15, -0.1) is 0 Å². The number of likely N-dealkylation sites (N-methyl/N-ethyl adjacent to an activating group) is 1. The van der Waals surface area contributed by atoms with Gasteiger partial charge in [-0.2, -0.15) is 0 Å². The number of likely N-dealkylation sites (tertiary alicyclic amines) is 1. The average molecular weight is 320 g/mol. The molecule has 3 rings (SSSR count). The zero-order valence-corrected chi connectivity index (χ0v) is 13.7. The Morgan fingerprint density at radius 3 is 2.96 bits per heavy atom. The fourth-order valence-corrected chi connectivity index (χ4v) is 3.02. The first-order chi connectivity index (χ1) is 11.2. The van der Waals surface area contributed by atoms with Crippen LogP contribution in [0.1, 0.15) is 41.6 Å². The Morgan fingerprint density at radius 1 is 1.39 bits per heavy atom. The van der Waals surface area contributed by atoms with Crippen LogP contribution in [0.15, 0.2) is 18.2 Å². The molecule has 4 nitrogen and oxygen atoms in total. The molecule has 0 aromatic heterocycles. The van der Waals surface area contributed by atoms with Gasteiger partial charge in [-0.25, -0.2) is 4.39 Å². The largest absolute Gasteiger partial charge is 0.376 e. The zero-order chi connectivity index (χ0) is 16.2. The van der Waals surface area contributed by atoms with E-state index in [4.69, 9.17) is 4.74 Å². The minimum absolute atomic E-state index is 0.0200. The van der Waals surface area contributed by atoms with Crippen molar-refractivity contribution in [1.29, 1.82) is 0 Å². The van der Waals surface area contributed by atoms with Crippen molar-refractivity contribution in [2.45, 2.75) is 38.3 Å². The van der Waals surface area contributed by atoms with Gasteiger partial charge < -0.3 is 15.0 Å². The van der Waals surface area contributed by atoms with Gasteiger partial charge in [0.2, 0.25) is 0 Å². The Kier molecular flexibility index (Phi) is 5.28. The third-order valence-corrected chi connectivity index (χ3v) is 4.72. The molecular formula is C18H25FN2O2. The lowest BCUT2D eigenvalue weighted by Gasteiger charge is -2.32. The summed E-state index contributed by atoms with van der Waals surface area (Å²) in [5, 5.41) is 3.23. The summed E-state index contributed by atoms with van der Waals surface area (Å²) >= 11 is 0. The van der Waals surface area contributed by atoms with Crippen molar-refractivity contribution < 1.29 is 13.9 Å². The predicted molar refractivity (Wildman–Crippen MR) is 86.8 cm³/mol. The van der Waals surface area contributed by atoms with Crippen molar-refractivity contribution in [3.63, 3.8) is 0 Å². The quantitative estimate of drug-likeness (QED) is 0.876. The maximum Gasteiger partial charge on any atom is 0.253 e. The Balaban J connectivity index is 1.64. The molecule has 5 heteroatoms. The summed E-state index contributed by atoms with van der Waals surface area (Å²) in [5.41, 5.74) is 1.02. The molecule has 2 aliphatic rings. The highest BCUT2D eigenvalue weighted by molar-refractivity contribution is 5.94. The number of hydrogen-bond acceptors (Lipinski definition) is 3. The summed E-state index contributed by atoms with van der Waals surface area (Å²) in [6.45, 7) is 2.40. The molecule has 0 unspecified atom stereocenters. The Labute approximate surface area is 137 Å². The lowest BCUT2D eigenvalue weighted by molar-refractivity contribution is 0.0697. The minimum Gasteiger partial charge on any atom is -0.376 e. The fourth-order valence-electron chi connectivity index (χ4n) is 3.02. The molecule has 23 heavy (non-hydrogen) atoms. The Hall–Kier alpha value is -1.46. The highest BCUT2D eigenvalue weighted by Crippen LogP contribution is 2.29. The summed E-state index contributed by atoms with van der Waals surface area (Å²) in [5.74, 6) is 0.326. The van der Waals surface area contributed by atoms with Crippen molar-refractivity contribution in [2.24, 2.45) is 5.92 Å². The number of carbonyl (C=O) groups excluding carboxylic acids is 1. The third-order valence-electron chi connectivity index (χ3n) is 4.72. The van der Waals surface area contributed by atoms with Crippen LogP contribution >= 0.6 is 0 Å². The number of nitrogens with one attached hydrogen (secondary N) is 1. The molecule has 1 heterocycles. The van der Waals surface area contributed by atoms with Crippen LogP contribution in [-0.2, 0) is 11.3 Å². The number of amides is 1. The first kappa shape index (κ1) is 16.4. The predicted octanol–water partition coefficient (Wildman–Crippen LogP) is 2.58. The van der Waals surface area contributed by atoms with Crippen LogP contribution in [0.25, 0.3) is 0 Å². The number of rotatable bonds is 6. The summed E-state index contributed by atoms with van der Waals surface area (Å²) in [4.78, 5) is 14.5. The van der Waals surface area contributed by atoms with Gasteiger partial charge in [0, 0.05) is 36.9 Å². The van der Waals surface area contributed by atoms with Crippen LogP contribution in [0.3, 0.4) is 0 Å². The van der Waals surface area contributed by atoms with E-state index in [1.54, 1.807) is 12.1 Å². The number of carbonyl (C=O) groups is 1. The van der Waals surface area contributed by atoms with E-state index in [9.17, 15) is 9.18 Å². The summed E-state index contributed by atoms with van der Waals surface area (Å²) in [6.07, 6.45) is 4.50. The maximum atomic E-state index is 13.9. The van der Waals surface area contributed by atoms with Gasteiger partial charge in [0.25, 0.3) is 5.91 Å². The molecule has 1 saturated heterocycles. The Morgan fingerprint density at radius 2 is 2.22 bits per heavy atom. The molecule has 1 aromatic carbocycles. The van der Waals surface area contributed by atoms with Crippen molar-refractivity contribution >= 4 is 5.91 Å². The summed E-state index contributed by atoms with van der Waals surface area (Å²) in [6, 6.07) is 4.94. The average Bonchev–Trinajstić information content (AvgIpc) is 3.40. The monoisotopic (exact) mass is 320 g/mol. The SMILES string of the molecule is CN[C@@H]1CCCN(C(=O)c2ccc(F)c(COCC3CC3)c2)C1. The molecule has 126 valence electrons. The smallest absolute Gasteiger partial charge is 0.253 e. The van der Waals surface area contributed by atoms with Crippen molar-refractivity contribution in [2.75, 3.05) is 26.7 Å². The van der Waals surface area contributed by atoms with E-state index in [1.807, 2.05) is 11.9 Å². The van der Waals surface area contributed by atoms with E-state index in [2.05, 4.69) is 5.32 Å². The Bertz CT molecular complexity index is 560. The van der Waals surface area contributed by atoms with Crippen LogP contribution in [0.2, 0.25) is 0 Å². The van der Waals surface area contributed by atoms with Crippen LogP contribution in [0.4, 0.5) is 4.39 Å². The normalized spacial score (nSPS) is 21.5. The van der Waals surface area contributed by atoms with E-state index in [0.717, 1.165) is 19.4 Å². The van der Waals surface area contributed by atoms with Gasteiger partial charge in [-0.1, -0.05) is 0 Å². The van der Waals surface area contributed by atoms with Gasteiger partial charge >= 0.3 is 0 Å². The van der Waals surface area contributed by atoms with E-state index >= 15 is 0 Å².